The van der Waals surface area contributed by atoms with Crippen LogP contribution in [-0.2, 0) is 6.42 Å². The van der Waals surface area contributed by atoms with E-state index in [1.54, 1.807) is 6.07 Å². The third-order valence-corrected chi connectivity index (χ3v) is 8.97. The van der Waals surface area contributed by atoms with Gasteiger partial charge in [0.25, 0.3) is 0 Å². The summed E-state index contributed by atoms with van der Waals surface area (Å²) in [5, 5.41) is 25.7. The van der Waals surface area contributed by atoms with Crippen LogP contribution >= 0.6 is 0 Å². The third-order valence-electron chi connectivity index (χ3n) is 8.97. The molecule has 1 aliphatic rings. The van der Waals surface area contributed by atoms with Gasteiger partial charge in [-0.1, -0.05) is 66.7 Å². The molecule has 8 aromatic rings. The van der Waals surface area contributed by atoms with Crippen molar-refractivity contribution in [3.05, 3.63) is 132 Å². The molecular formula is C38H22N4O. The zero-order chi connectivity index (χ0) is 28.7. The number of hydrogen-bond acceptors (Lipinski definition) is 3. The number of hydrogen-bond donors (Lipinski definition) is 0. The van der Waals surface area contributed by atoms with Gasteiger partial charge >= 0.3 is 0 Å². The molecule has 0 aliphatic heterocycles. The maximum atomic E-state index is 10.2. The molecule has 0 bridgehead atoms. The lowest BCUT2D eigenvalue weighted by Crippen LogP contribution is -2.14. The molecule has 0 N–H and O–H groups in total. The number of furan rings is 1. The van der Waals surface area contributed by atoms with Crippen molar-refractivity contribution in [3.63, 3.8) is 0 Å². The summed E-state index contributed by atoms with van der Waals surface area (Å²) >= 11 is 0. The summed E-state index contributed by atoms with van der Waals surface area (Å²) in [6.45, 7) is 0. The Morgan fingerprint density at radius 1 is 0.674 bits per heavy atom. The molecule has 0 spiro atoms. The predicted octanol–water partition coefficient (Wildman–Crippen LogP) is 9.19. The van der Waals surface area contributed by atoms with Crippen molar-refractivity contribution in [2.75, 3.05) is 0 Å². The highest BCUT2D eigenvalue weighted by Crippen LogP contribution is 2.44. The van der Waals surface area contributed by atoms with E-state index in [9.17, 15) is 10.5 Å². The van der Waals surface area contributed by atoms with E-state index < -0.39 is 0 Å². The van der Waals surface area contributed by atoms with Gasteiger partial charge in [-0.3, -0.25) is 0 Å². The topological polar surface area (TPSA) is 70.6 Å². The zero-order valence-electron chi connectivity index (χ0n) is 23.0. The molecular weight excluding hydrogens is 528 g/mol. The summed E-state index contributed by atoms with van der Waals surface area (Å²) in [6.07, 6.45) is 5.20. The number of nitriles is 2. The molecule has 0 saturated carbocycles. The average molecular weight is 551 g/mol. The summed E-state index contributed by atoms with van der Waals surface area (Å²) in [7, 11) is 0. The summed E-state index contributed by atoms with van der Waals surface area (Å²) in [5.41, 5.74) is 8.66. The van der Waals surface area contributed by atoms with Crippen LogP contribution in [-0.4, -0.2) is 9.13 Å². The zero-order valence-corrected chi connectivity index (χ0v) is 23.0. The summed E-state index contributed by atoms with van der Waals surface area (Å²) < 4.78 is 11.2. The molecule has 5 aromatic carbocycles. The lowest BCUT2D eigenvalue weighted by Gasteiger charge is -2.23. The van der Waals surface area contributed by atoms with E-state index >= 15 is 0 Å². The minimum absolute atomic E-state index is 0.0665. The van der Waals surface area contributed by atoms with Crippen molar-refractivity contribution in [2.45, 2.75) is 12.5 Å². The largest absolute Gasteiger partial charge is 0.455 e. The van der Waals surface area contributed by atoms with Crippen LogP contribution in [0.5, 0.6) is 0 Å². The Hall–Kier alpha value is -6.04. The Bertz CT molecular complexity index is 2520. The summed E-state index contributed by atoms with van der Waals surface area (Å²) in [4.78, 5) is 0. The van der Waals surface area contributed by atoms with Gasteiger partial charge in [0.1, 0.15) is 23.3 Å². The van der Waals surface area contributed by atoms with Crippen molar-refractivity contribution in [1.82, 2.24) is 9.13 Å². The van der Waals surface area contributed by atoms with Gasteiger partial charge in [0.2, 0.25) is 0 Å². The van der Waals surface area contributed by atoms with E-state index in [-0.39, 0.29) is 6.04 Å². The minimum Gasteiger partial charge on any atom is -0.455 e. The monoisotopic (exact) mass is 550 g/mol. The quantitative estimate of drug-likeness (QED) is 0.215. The van der Waals surface area contributed by atoms with Crippen LogP contribution in [0.4, 0.5) is 0 Å². The highest BCUT2D eigenvalue weighted by atomic mass is 16.3. The fraction of sp³-hybridized carbons (Fsp3) is 0.0526. The Morgan fingerprint density at radius 2 is 1.40 bits per heavy atom. The number of aromatic nitrogens is 2. The Morgan fingerprint density at radius 3 is 2.14 bits per heavy atom. The molecule has 5 heteroatoms. The van der Waals surface area contributed by atoms with E-state index in [1.165, 1.54) is 27.4 Å². The highest BCUT2D eigenvalue weighted by Gasteiger charge is 2.29. The van der Waals surface area contributed by atoms with E-state index in [1.807, 2.05) is 30.3 Å². The van der Waals surface area contributed by atoms with Gasteiger partial charge in [-0.2, -0.15) is 10.5 Å². The standard InChI is InChI=1S/C38H22N4O/c39-21-23-8-7-14-33(30(23)22-40)42-34-18-16-24(41-31-12-4-1-9-25(31)26-10-2-5-13-32(26)41)20-29(34)37-35(42)19-17-28-27-11-3-6-15-36(27)43-38(28)37/h1-19,24H,20H2. The predicted molar refractivity (Wildman–Crippen MR) is 171 cm³/mol. The molecule has 43 heavy (non-hydrogen) atoms. The Balaban J connectivity index is 1.38. The average Bonchev–Trinajstić information content (AvgIpc) is 3.71. The molecule has 0 saturated heterocycles. The first-order valence-corrected chi connectivity index (χ1v) is 14.3. The number of nitrogens with zero attached hydrogens (tertiary/aromatic N) is 4. The summed E-state index contributed by atoms with van der Waals surface area (Å²) in [6, 6.07) is 39.6. The number of rotatable bonds is 2. The molecule has 0 amide bonds. The van der Waals surface area contributed by atoms with Crippen LogP contribution in [0, 0.1) is 22.7 Å². The second-order valence-corrected chi connectivity index (χ2v) is 11.1. The van der Waals surface area contributed by atoms with Crippen molar-refractivity contribution in [2.24, 2.45) is 0 Å². The summed E-state index contributed by atoms with van der Waals surface area (Å²) in [5.74, 6) is 0. The van der Waals surface area contributed by atoms with Crippen LogP contribution in [0.3, 0.4) is 0 Å². The number of fused-ring (bicyclic) bond motifs is 10. The molecule has 0 radical (unpaired) electrons. The maximum absolute atomic E-state index is 10.2. The molecule has 1 atom stereocenters. The van der Waals surface area contributed by atoms with Gasteiger partial charge in [-0.25, -0.2) is 0 Å². The lowest BCUT2D eigenvalue weighted by atomic mass is 9.95. The minimum atomic E-state index is 0.0665. The van der Waals surface area contributed by atoms with Gasteiger partial charge < -0.3 is 13.6 Å². The van der Waals surface area contributed by atoms with E-state index in [0.29, 0.717) is 16.8 Å². The van der Waals surface area contributed by atoms with Crippen molar-refractivity contribution in [3.8, 4) is 17.8 Å². The number of benzene rings is 5. The first kappa shape index (κ1) is 23.6. The molecule has 200 valence electrons. The first-order valence-electron chi connectivity index (χ1n) is 14.3. The Kier molecular flexibility index (Phi) is 4.80. The molecule has 3 aromatic heterocycles. The van der Waals surface area contributed by atoms with Gasteiger partial charge in [0.15, 0.2) is 0 Å². The second-order valence-electron chi connectivity index (χ2n) is 11.1. The van der Waals surface area contributed by atoms with Gasteiger partial charge in [0, 0.05) is 38.0 Å². The fourth-order valence-corrected chi connectivity index (χ4v) is 7.19. The van der Waals surface area contributed by atoms with Crippen LogP contribution in [0.15, 0.2) is 114 Å². The van der Waals surface area contributed by atoms with Crippen LogP contribution in [0.1, 0.15) is 28.4 Å². The first-order chi connectivity index (χ1) is 21.3. The number of para-hydroxylation sites is 3. The van der Waals surface area contributed by atoms with Crippen molar-refractivity contribution < 1.29 is 4.42 Å². The lowest BCUT2D eigenvalue weighted by molar-refractivity contribution is 0.635. The van der Waals surface area contributed by atoms with Gasteiger partial charge in [0.05, 0.1) is 34.1 Å². The fourth-order valence-electron chi connectivity index (χ4n) is 7.19. The van der Waals surface area contributed by atoms with Crippen molar-refractivity contribution >= 4 is 60.7 Å². The van der Waals surface area contributed by atoms with E-state index in [0.717, 1.165) is 45.0 Å². The van der Waals surface area contributed by atoms with Gasteiger partial charge in [-0.15, -0.1) is 0 Å². The smallest absolute Gasteiger partial charge is 0.145 e. The van der Waals surface area contributed by atoms with Crippen LogP contribution in [0.2, 0.25) is 0 Å². The highest BCUT2D eigenvalue weighted by molar-refractivity contribution is 6.17. The van der Waals surface area contributed by atoms with Crippen molar-refractivity contribution in [1.29, 1.82) is 10.5 Å². The third kappa shape index (κ3) is 3.14. The number of allylic oxidation sites excluding steroid dienone is 1. The second kappa shape index (κ2) is 8.73. The van der Waals surface area contributed by atoms with E-state index in [2.05, 4.69) is 100 Å². The van der Waals surface area contributed by atoms with Gasteiger partial charge in [-0.05, 0) is 60.5 Å². The SMILES string of the molecule is N#Cc1cccc(-n2c3c(c4c5oc6ccccc6c5ccc42)CC(n2c4ccccc4c4ccccc42)C=C3)c1C#N. The van der Waals surface area contributed by atoms with Crippen LogP contribution < -0.4 is 0 Å². The Labute approximate surface area is 246 Å². The molecule has 0 fully saturated rings. The van der Waals surface area contributed by atoms with Crippen LogP contribution in [0.25, 0.3) is 66.4 Å². The molecule has 3 heterocycles. The molecule has 1 aliphatic carbocycles. The molecule has 1 unspecified atom stereocenters. The molecule has 5 nitrogen and oxygen atoms in total. The molecule has 9 rings (SSSR count). The maximum Gasteiger partial charge on any atom is 0.145 e. The van der Waals surface area contributed by atoms with E-state index in [4.69, 9.17) is 4.42 Å². The normalized spacial score (nSPS) is 14.5.